The lowest BCUT2D eigenvalue weighted by atomic mass is 9.99. The van der Waals surface area contributed by atoms with Crippen molar-refractivity contribution in [3.8, 4) is 0 Å². The fraction of sp³-hybridized carbons (Fsp3) is 0.211. The highest BCUT2D eigenvalue weighted by Crippen LogP contribution is 2.31. The number of pyridine rings is 1. The lowest BCUT2D eigenvalue weighted by molar-refractivity contribution is 0.733. The van der Waals surface area contributed by atoms with Crippen LogP contribution in [-0.2, 0) is 13.0 Å². The number of benzene rings is 2. The van der Waals surface area contributed by atoms with Crippen LogP contribution in [0.4, 0.5) is 5.69 Å². The summed E-state index contributed by atoms with van der Waals surface area (Å²) in [5.41, 5.74) is 6.43. The zero-order chi connectivity index (χ0) is 15.1. The summed E-state index contributed by atoms with van der Waals surface area (Å²) in [5.74, 6) is 0. The minimum Gasteiger partial charge on any atom is -0.366 e. The van der Waals surface area contributed by atoms with Crippen LogP contribution in [0.1, 0.15) is 16.8 Å². The molecule has 0 unspecified atom stereocenters. The smallest absolute Gasteiger partial charge is 0.0736 e. The summed E-state index contributed by atoms with van der Waals surface area (Å²) in [4.78, 5) is 7.20. The highest BCUT2D eigenvalue weighted by atomic mass is 127. The molecule has 0 saturated carbocycles. The van der Waals surface area contributed by atoms with E-state index in [-0.39, 0.29) is 12.4 Å². The van der Waals surface area contributed by atoms with Gasteiger partial charge in [-0.05, 0) is 71.3 Å². The van der Waals surface area contributed by atoms with Gasteiger partial charge in [0.1, 0.15) is 0 Å². The Morgan fingerprint density at radius 1 is 1.04 bits per heavy atom. The fourth-order valence-corrected chi connectivity index (χ4v) is 3.75. The highest BCUT2D eigenvalue weighted by molar-refractivity contribution is 14.1. The molecule has 0 fully saturated rings. The normalized spacial score (nSPS) is 13.6. The molecule has 1 aliphatic rings. The number of aryl methyl sites for hydroxylation is 1. The molecule has 1 aromatic heterocycles. The van der Waals surface area contributed by atoms with Gasteiger partial charge in [0.25, 0.3) is 0 Å². The van der Waals surface area contributed by atoms with Crippen LogP contribution in [0, 0.1) is 10.5 Å². The number of nitrogens with zero attached hydrogens (tertiary/aromatic N) is 2. The summed E-state index contributed by atoms with van der Waals surface area (Å²) in [6, 6.07) is 17.6. The molecule has 0 aliphatic carbocycles. The topological polar surface area (TPSA) is 16.1 Å². The Balaban J connectivity index is 0.00000156. The van der Waals surface area contributed by atoms with Crippen molar-refractivity contribution in [1.29, 1.82) is 0 Å². The van der Waals surface area contributed by atoms with Crippen molar-refractivity contribution in [2.75, 3.05) is 11.4 Å². The second-order valence-corrected chi connectivity index (χ2v) is 7.13. The fourth-order valence-electron chi connectivity index (χ4n) is 3.27. The molecular formula is C19H18ClIN2. The van der Waals surface area contributed by atoms with Gasteiger partial charge in [0.05, 0.1) is 5.52 Å². The Labute approximate surface area is 156 Å². The van der Waals surface area contributed by atoms with E-state index < -0.39 is 0 Å². The second-order valence-electron chi connectivity index (χ2n) is 5.88. The van der Waals surface area contributed by atoms with E-state index in [0.29, 0.717) is 0 Å². The van der Waals surface area contributed by atoms with Gasteiger partial charge in [-0.25, -0.2) is 0 Å². The van der Waals surface area contributed by atoms with Crippen LogP contribution in [0.5, 0.6) is 0 Å². The number of fused-ring (bicyclic) bond motifs is 2. The average Bonchev–Trinajstić information content (AvgIpc) is 2.53. The van der Waals surface area contributed by atoms with E-state index in [1.165, 1.54) is 25.8 Å². The van der Waals surface area contributed by atoms with Gasteiger partial charge < -0.3 is 4.90 Å². The van der Waals surface area contributed by atoms with E-state index in [0.717, 1.165) is 30.7 Å². The first-order valence-electron chi connectivity index (χ1n) is 7.59. The van der Waals surface area contributed by atoms with E-state index in [1.807, 2.05) is 0 Å². The van der Waals surface area contributed by atoms with Gasteiger partial charge in [-0.3, -0.25) is 4.98 Å². The number of anilines is 1. The number of hydrogen-bond donors (Lipinski definition) is 0. The van der Waals surface area contributed by atoms with Crippen LogP contribution in [0.3, 0.4) is 0 Å². The Kier molecular flexibility index (Phi) is 4.78. The highest BCUT2D eigenvalue weighted by Gasteiger charge is 2.18. The second kappa shape index (κ2) is 6.65. The molecule has 0 spiro atoms. The lowest BCUT2D eigenvalue weighted by Gasteiger charge is -2.31. The molecule has 3 aromatic rings. The largest absolute Gasteiger partial charge is 0.366 e. The van der Waals surface area contributed by atoms with Crippen LogP contribution in [0.15, 0.2) is 48.5 Å². The van der Waals surface area contributed by atoms with Crippen LogP contribution >= 0.6 is 35.0 Å². The average molecular weight is 437 g/mol. The first-order chi connectivity index (χ1) is 10.7. The maximum Gasteiger partial charge on any atom is 0.0736 e. The molecule has 0 saturated heterocycles. The lowest BCUT2D eigenvalue weighted by Crippen LogP contribution is -2.30. The molecule has 2 aromatic carbocycles. The molecule has 1 aliphatic heterocycles. The molecule has 0 N–H and O–H groups in total. The maximum absolute atomic E-state index is 4.70. The third-order valence-electron chi connectivity index (χ3n) is 4.35. The van der Waals surface area contributed by atoms with E-state index in [9.17, 15) is 0 Å². The van der Waals surface area contributed by atoms with E-state index in [2.05, 4.69) is 82.9 Å². The molecule has 4 rings (SSSR count). The van der Waals surface area contributed by atoms with Gasteiger partial charge in [0.2, 0.25) is 0 Å². The van der Waals surface area contributed by atoms with Crippen LogP contribution in [0.25, 0.3) is 10.9 Å². The Morgan fingerprint density at radius 3 is 2.65 bits per heavy atom. The Hall–Kier alpha value is -1.33. The van der Waals surface area contributed by atoms with Crippen molar-refractivity contribution in [2.24, 2.45) is 0 Å². The van der Waals surface area contributed by atoms with E-state index in [1.54, 1.807) is 0 Å². The number of rotatable bonds is 1. The predicted molar refractivity (Wildman–Crippen MR) is 108 cm³/mol. The van der Waals surface area contributed by atoms with Crippen molar-refractivity contribution >= 4 is 51.6 Å². The number of hydrogen-bond acceptors (Lipinski definition) is 2. The molecule has 23 heavy (non-hydrogen) atoms. The van der Waals surface area contributed by atoms with Crippen molar-refractivity contribution in [3.05, 3.63) is 68.9 Å². The molecular weight excluding hydrogens is 419 g/mol. The summed E-state index contributed by atoms with van der Waals surface area (Å²) in [6.45, 7) is 4.14. The van der Waals surface area contributed by atoms with E-state index in [4.69, 9.17) is 4.98 Å². The van der Waals surface area contributed by atoms with E-state index >= 15 is 0 Å². The van der Waals surface area contributed by atoms with Gasteiger partial charge in [-0.15, -0.1) is 12.4 Å². The summed E-state index contributed by atoms with van der Waals surface area (Å²) < 4.78 is 1.23. The third kappa shape index (κ3) is 3.17. The van der Waals surface area contributed by atoms with Gasteiger partial charge in [-0.2, -0.15) is 0 Å². The maximum atomic E-state index is 4.70. The van der Waals surface area contributed by atoms with Crippen molar-refractivity contribution in [2.45, 2.75) is 19.9 Å². The SMILES string of the molecule is Cc1cc(N2CCc3ccccc3C2)c2ccc(I)cc2n1.Cl. The third-order valence-corrected chi connectivity index (χ3v) is 5.02. The minimum absolute atomic E-state index is 0. The molecule has 2 nitrogen and oxygen atoms in total. The molecule has 4 heteroatoms. The summed E-state index contributed by atoms with van der Waals surface area (Å²) in [7, 11) is 0. The van der Waals surface area contributed by atoms with Crippen LogP contribution in [-0.4, -0.2) is 11.5 Å². The zero-order valence-electron chi connectivity index (χ0n) is 12.9. The van der Waals surface area contributed by atoms with Gasteiger partial charge in [-0.1, -0.05) is 24.3 Å². The predicted octanol–water partition coefficient (Wildman–Crippen LogP) is 5.13. The first-order valence-corrected chi connectivity index (χ1v) is 8.67. The van der Waals surface area contributed by atoms with Crippen molar-refractivity contribution in [1.82, 2.24) is 4.98 Å². The Morgan fingerprint density at radius 2 is 1.83 bits per heavy atom. The minimum atomic E-state index is 0. The molecule has 0 radical (unpaired) electrons. The summed E-state index contributed by atoms with van der Waals surface area (Å²) in [5, 5.41) is 1.25. The van der Waals surface area contributed by atoms with Gasteiger partial charge in [0.15, 0.2) is 0 Å². The standard InChI is InChI=1S/C19H17IN2.ClH/c1-13-10-19(17-7-6-16(20)11-18(17)21-13)22-9-8-14-4-2-3-5-15(14)12-22;/h2-7,10-11H,8-9,12H2,1H3;1H. The first kappa shape index (κ1) is 16.5. The quantitative estimate of drug-likeness (QED) is 0.492. The van der Waals surface area contributed by atoms with Crippen molar-refractivity contribution in [3.63, 3.8) is 0 Å². The molecule has 2 heterocycles. The monoisotopic (exact) mass is 436 g/mol. The summed E-state index contributed by atoms with van der Waals surface area (Å²) in [6.07, 6.45) is 1.11. The molecule has 118 valence electrons. The van der Waals surface area contributed by atoms with Gasteiger partial charge >= 0.3 is 0 Å². The molecule has 0 bridgehead atoms. The number of aromatic nitrogens is 1. The molecule has 0 amide bonds. The van der Waals surface area contributed by atoms with Gasteiger partial charge in [0, 0.05) is 33.4 Å². The van der Waals surface area contributed by atoms with Crippen LogP contribution in [0.2, 0.25) is 0 Å². The Bertz CT molecular complexity index is 858. The van der Waals surface area contributed by atoms with Crippen molar-refractivity contribution < 1.29 is 0 Å². The number of halogens is 2. The zero-order valence-corrected chi connectivity index (χ0v) is 15.9. The molecule has 0 atom stereocenters. The van der Waals surface area contributed by atoms with Crippen LogP contribution < -0.4 is 4.90 Å². The summed E-state index contributed by atoms with van der Waals surface area (Å²) >= 11 is 2.35.